The molecule has 3 aromatic rings. The van der Waals surface area contributed by atoms with Gasteiger partial charge in [0.25, 0.3) is 5.91 Å². The standard InChI is InChI=1S/C21H19Cl2FN4O/c1-13-10-15(14(2)28(13)19-5-3-4-18(22)21(19)23)11-26-27-20(29)12-25-17-8-6-16(24)7-9-17/h3-11,25H,12H2,1-2H3,(H,27,29)/b26-11-. The van der Waals surface area contributed by atoms with Gasteiger partial charge in [0.1, 0.15) is 5.82 Å². The Morgan fingerprint density at radius 2 is 1.90 bits per heavy atom. The first-order chi connectivity index (χ1) is 13.9. The summed E-state index contributed by atoms with van der Waals surface area (Å²) in [5, 5.41) is 7.87. The molecule has 0 saturated carbocycles. The third-order valence-corrected chi connectivity index (χ3v) is 5.14. The van der Waals surface area contributed by atoms with Gasteiger partial charge in [-0.1, -0.05) is 29.3 Å². The number of nitrogens with zero attached hydrogens (tertiary/aromatic N) is 2. The number of nitrogens with one attached hydrogen (secondary N) is 2. The zero-order valence-electron chi connectivity index (χ0n) is 15.8. The fourth-order valence-corrected chi connectivity index (χ4v) is 3.30. The molecule has 0 saturated heterocycles. The molecule has 0 aliphatic rings. The Hall–Kier alpha value is -2.83. The van der Waals surface area contributed by atoms with Gasteiger partial charge in [0.2, 0.25) is 0 Å². The van der Waals surface area contributed by atoms with Crippen LogP contribution in [0.3, 0.4) is 0 Å². The first-order valence-electron chi connectivity index (χ1n) is 8.81. The molecule has 0 aliphatic heterocycles. The number of halogens is 3. The van der Waals surface area contributed by atoms with E-state index in [-0.39, 0.29) is 18.3 Å². The van der Waals surface area contributed by atoms with Gasteiger partial charge >= 0.3 is 0 Å². The van der Waals surface area contributed by atoms with E-state index in [0.717, 1.165) is 22.6 Å². The monoisotopic (exact) mass is 432 g/mol. The lowest BCUT2D eigenvalue weighted by Crippen LogP contribution is -2.25. The largest absolute Gasteiger partial charge is 0.376 e. The van der Waals surface area contributed by atoms with E-state index in [9.17, 15) is 9.18 Å². The summed E-state index contributed by atoms with van der Waals surface area (Å²) in [6.45, 7) is 3.90. The van der Waals surface area contributed by atoms with Crippen molar-refractivity contribution in [2.45, 2.75) is 13.8 Å². The highest BCUT2D eigenvalue weighted by atomic mass is 35.5. The molecule has 1 amide bonds. The number of anilines is 1. The van der Waals surface area contributed by atoms with Gasteiger partial charge in [0.05, 0.1) is 28.5 Å². The molecule has 150 valence electrons. The lowest BCUT2D eigenvalue weighted by molar-refractivity contribution is -0.119. The van der Waals surface area contributed by atoms with Crippen LogP contribution in [0.2, 0.25) is 10.0 Å². The summed E-state index contributed by atoms with van der Waals surface area (Å²) in [6, 6.07) is 13.2. The van der Waals surface area contributed by atoms with Crippen LogP contribution in [0.5, 0.6) is 0 Å². The van der Waals surface area contributed by atoms with Crippen LogP contribution < -0.4 is 10.7 Å². The van der Waals surface area contributed by atoms with Gasteiger partial charge in [-0.05, 0) is 56.3 Å². The predicted octanol–water partition coefficient (Wildman–Crippen LogP) is 5.10. The van der Waals surface area contributed by atoms with Crippen LogP contribution >= 0.6 is 23.2 Å². The van der Waals surface area contributed by atoms with Crippen molar-refractivity contribution >= 4 is 41.0 Å². The van der Waals surface area contributed by atoms with Crippen LogP contribution in [-0.4, -0.2) is 23.2 Å². The number of amides is 1. The quantitative estimate of drug-likeness (QED) is 0.420. The molecular weight excluding hydrogens is 414 g/mol. The Morgan fingerprint density at radius 1 is 1.17 bits per heavy atom. The highest BCUT2D eigenvalue weighted by molar-refractivity contribution is 6.43. The minimum absolute atomic E-state index is 0.0140. The van der Waals surface area contributed by atoms with Crippen LogP contribution in [-0.2, 0) is 4.79 Å². The minimum atomic E-state index is -0.332. The molecule has 1 heterocycles. The topological polar surface area (TPSA) is 58.4 Å². The van der Waals surface area contributed by atoms with Gasteiger partial charge in [0, 0.05) is 22.6 Å². The number of hydrazone groups is 1. The van der Waals surface area contributed by atoms with E-state index < -0.39 is 0 Å². The third kappa shape index (κ3) is 4.96. The zero-order chi connectivity index (χ0) is 21.0. The third-order valence-electron chi connectivity index (χ3n) is 4.33. The number of rotatable bonds is 6. The molecule has 29 heavy (non-hydrogen) atoms. The molecule has 0 spiro atoms. The molecule has 2 aromatic carbocycles. The number of benzene rings is 2. The van der Waals surface area contributed by atoms with E-state index >= 15 is 0 Å². The Labute approximate surface area is 178 Å². The molecule has 0 radical (unpaired) electrons. The average molecular weight is 433 g/mol. The van der Waals surface area contributed by atoms with Gasteiger partial charge in [-0.15, -0.1) is 0 Å². The van der Waals surface area contributed by atoms with Crippen LogP contribution in [0.25, 0.3) is 5.69 Å². The normalized spacial score (nSPS) is 11.1. The maximum Gasteiger partial charge on any atom is 0.259 e. The van der Waals surface area contributed by atoms with Gasteiger partial charge in [0.15, 0.2) is 0 Å². The summed E-state index contributed by atoms with van der Waals surface area (Å²) in [5.41, 5.74) is 6.60. The van der Waals surface area contributed by atoms with Crippen molar-refractivity contribution in [1.29, 1.82) is 0 Å². The van der Waals surface area contributed by atoms with Crippen LogP contribution in [0, 0.1) is 19.7 Å². The number of aryl methyl sites for hydroxylation is 1. The molecule has 0 fully saturated rings. The Balaban J connectivity index is 1.66. The fraction of sp³-hybridized carbons (Fsp3) is 0.143. The smallest absolute Gasteiger partial charge is 0.259 e. The van der Waals surface area contributed by atoms with E-state index in [1.807, 2.05) is 36.6 Å². The van der Waals surface area contributed by atoms with E-state index in [1.165, 1.54) is 12.1 Å². The Morgan fingerprint density at radius 3 is 2.62 bits per heavy atom. The summed E-state index contributed by atoms with van der Waals surface area (Å²) in [5.74, 6) is -0.654. The van der Waals surface area contributed by atoms with Crippen molar-refractivity contribution in [3.05, 3.63) is 81.3 Å². The Kier molecular flexibility index (Phi) is 6.56. The number of hydrogen-bond acceptors (Lipinski definition) is 3. The van der Waals surface area contributed by atoms with E-state index in [0.29, 0.717) is 15.7 Å². The second kappa shape index (κ2) is 9.11. The molecule has 2 N–H and O–H groups in total. The molecule has 5 nitrogen and oxygen atoms in total. The molecule has 8 heteroatoms. The summed E-state index contributed by atoms with van der Waals surface area (Å²) >= 11 is 12.5. The fourth-order valence-electron chi connectivity index (χ4n) is 2.92. The number of aromatic nitrogens is 1. The van der Waals surface area contributed by atoms with Crippen molar-refractivity contribution in [3.63, 3.8) is 0 Å². The summed E-state index contributed by atoms with van der Waals surface area (Å²) in [6.07, 6.45) is 1.58. The average Bonchev–Trinajstić information content (AvgIpc) is 2.97. The van der Waals surface area contributed by atoms with Crippen LogP contribution in [0.15, 0.2) is 53.6 Å². The van der Waals surface area contributed by atoms with Crippen molar-refractivity contribution in [1.82, 2.24) is 9.99 Å². The molecule has 0 atom stereocenters. The molecule has 1 aromatic heterocycles. The second-order valence-corrected chi connectivity index (χ2v) is 7.17. The summed E-state index contributed by atoms with van der Waals surface area (Å²) < 4.78 is 14.9. The second-order valence-electron chi connectivity index (χ2n) is 6.39. The predicted molar refractivity (Wildman–Crippen MR) is 116 cm³/mol. The first kappa shape index (κ1) is 20.9. The molecule has 0 bridgehead atoms. The van der Waals surface area contributed by atoms with Crippen LogP contribution in [0.4, 0.5) is 10.1 Å². The van der Waals surface area contributed by atoms with Gasteiger partial charge in [-0.2, -0.15) is 5.10 Å². The molecular formula is C21H19Cl2FN4O. The van der Waals surface area contributed by atoms with Crippen LogP contribution in [0.1, 0.15) is 17.0 Å². The lowest BCUT2D eigenvalue weighted by atomic mass is 10.2. The summed E-state index contributed by atoms with van der Waals surface area (Å²) in [4.78, 5) is 11.9. The van der Waals surface area contributed by atoms with Gasteiger partial charge in [-0.25, -0.2) is 9.82 Å². The minimum Gasteiger partial charge on any atom is -0.376 e. The zero-order valence-corrected chi connectivity index (χ0v) is 17.4. The molecule has 3 rings (SSSR count). The van der Waals surface area contributed by atoms with Crippen molar-refractivity contribution in [3.8, 4) is 5.69 Å². The van der Waals surface area contributed by atoms with E-state index in [4.69, 9.17) is 23.2 Å². The van der Waals surface area contributed by atoms with E-state index in [1.54, 1.807) is 24.4 Å². The van der Waals surface area contributed by atoms with Crippen molar-refractivity contribution < 1.29 is 9.18 Å². The first-order valence-corrected chi connectivity index (χ1v) is 9.57. The van der Waals surface area contributed by atoms with E-state index in [2.05, 4.69) is 15.8 Å². The highest BCUT2D eigenvalue weighted by Crippen LogP contribution is 2.31. The van der Waals surface area contributed by atoms with Gasteiger partial charge in [-0.3, -0.25) is 4.79 Å². The maximum absolute atomic E-state index is 12.9. The van der Waals surface area contributed by atoms with Crippen molar-refractivity contribution in [2.24, 2.45) is 5.10 Å². The molecule has 0 unspecified atom stereocenters. The Bertz CT molecular complexity index is 1060. The van der Waals surface area contributed by atoms with Gasteiger partial charge < -0.3 is 9.88 Å². The molecule has 0 aliphatic carbocycles. The number of hydrogen-bond donors (Lipinski definition) is 2. The van der Waals surface area contributed by atoms with Crippen molar-refractivity contribution in [2.75, 3.05) is 11.9 Å². The number of carbonyl (C=O) groups excluding carboxylic acids is 1. The number of carbonyl (C=O) groups is 1. The SMILES string of the molecule is Cc1cc(/C=N\NC(=O)CNc2ccc(F)cc2)c(C)n1-c1cccc(Cl)c1Cl. The lowest BCUT2D eigenvalue weighted by Gasteiger charge is -2.12. The highest BCUT2D eigenvalue weighted by Gasteiger charge is 2.13. The summed E-state index contributed by atoms with van der Waals surface area (Å²) in [7, 11) is 0. The maximum atomic E-state index is 12.9.